The van der Waals surface area contributed by atoms with E-state index in [1.165, 1.54) is 19.2 Å². The molecule has 1 aromatic carbocycles. The molecule has 122 valence electrons. The van der Waals surface area contributed by atoms with Gasteiger partial charge in [-0.2, -0.15) is 0 Å². The Hall–Kier alpha value is -2.11. The van der Waals surface area contributed by atoms with E-state index in [0.29, 0.717) is 18.9 Å². The number of nitrogens with zero attached hydrogens (tertiary/aromatic N) is 1. The summed E-state index contributed by atoms with van der Waals surface area (Å²) in [4.78, 5) is 15.1. The second-order valence-electron chi connectivity index (χ2n) is 4.87. The van der Waals surface area contributed by atoms with Crippen molar-refractivity contribution in [1.29, 1.82) is 0 Å². The molecule has 0 radical (unpaired) electrons. The van der Waals surface area contributed by atoms with Gasteiger partial charge in [-0.1, -0.05) is 18.6 Å². The lowest BCUT2D eigenvalue weighted by molar-refractivity contribution is -0.140. The molecule has 0 aliphatic carbocycles. The number of benzene rings is 1. The minimum absolute atomic E-state index is 0.166. The van der Waals surface area contributed by atoms with Crippen molar-refractivity contribution in [2.75, 3.05) is 20.7 Å². The number of aliphatic imine (C=N–C) groups is 1. The van der Waals surface area contributed by atoms with Gasteiger partial charge in [0.05, 0.1) is 7.11 Å². The van der Waals surface area contributed by atoms with E-state index in [2.05, 4.69) is 20.4 Å². The molecule has 0 saturated carbocycles. The minimum Gasteiger partial charge on any atom is -0.469 e. The van der Waals surface area contributed by atoms with Crippen LogP contribution in [-0.2, 0) is 16.1 Å². The smallest absolute Gasteiger partial charge is 0.305 e. The van der Waals surface area contributed by atoms with Crippen molar-refractivity contribution in [3.8, 4) is 0 Å². The maximum Gasteiger partial charge on any atom is 0.305 e. The molecule has 0 atom stereocenters. The highest BCUT2D eigenvalue weighted by Gasteiger charge is 2.01. The summed E-state index contributed by atoms with van der Waals surface area (Å²) >= 11 is 0. The zero-order chi connectivity index (χ0) is 16.2. The minimum atomic E-state index is -0.243. The first kappa shape index (κ1) is 17.9. The number of esters is 1. The van der Waals surface area contributed by atoms with Crippen molar-refractivity contribution in [2.24, 2.45) is 4.99 Å². The van der Waals surface area contributed by atoms with Crippen molar-refractivity contribution in [1.82, 2.24) is 10.6 Å². The number of guanidine groups is 1. The molecule has 0 heterocycles. The first-order chi connectivity index (χ1) is 10.7. The van der Waals surface area contributed by atoms with E-state index >= 15 is 0 Å². The van der Waals surface area contributed by atoms with Crippen LogP contribution in [0.5, 0.6) is 0 Å². The SMILES string of the molecule is CN=C(NCCCCCC(=O)OC)NCc1cccc(F)c1. The van der Waals surface area contributed by atoms with E-state index in [1.54, 1.807) is 13.1 Å². The lowest BCUT2D eigenvalue weighted by Gasteiger charge is -2.12. The van der Waals surface area contributed by atoms with Gasteiger partial charge >= 0.3 is 5.97 Å². The molecule has 0 amide bonds. The van der Waals surface area contributed by atoms with E-state index in [1.807, 2.05) is 6.07 Å². The zero-order valence-electron chi connectivity index (χ0n) is 13.2. The molecule has 1 aromatic rings. The largest absolute Gasteiger partial charge is 0.469 e. The van der Waals surface area contributed by atoms with Crippen molar-refractivity contribution in [2.45, 2.75) is 32.2 Å². The summed E-state index contributed by atoms with van der Waals surface area (Å²) in [6.45, 7) is 1.28. The van der Waals surface area contributed by atoms with Crippen molar-refractivity contribution < 1.29 is 13.9 Å². The van der Waals surface area contributed by atoms with Crippen LogP contribution in [0.25, 0.3) is 0 Å². The number of rotatable bonds is 8. The Morgan fingerprint density at radius 2 is 2.09 bits per heavy atom. The maximum atomic E-state index is 13.1. The van der Waals surface area contributed by atoms with Gasteiger partial charge in [0, 0.05) is 26.6 Å². The van der Waals surface area contributed by atoms with E-state index in [0.717, 1.165) is 31.4 Å². The van der Waals surface area contributed by atoms with Gasteiger partial charge in [0.2, 0.25) is 0 Å². The number of nitrogens with one attached hydrogen (secondary N) is 2. The molecule has 0 bridgehead atoms. The molecule has 0 spiro atoms. The Kier molecular flexibility index (Phi) is 8.64. The monoisotopic (exact) mass is 309 g/mol. The standard InChI is InChI=1S/C16H24FN3O2/c1-18-16(19-10-5-3-4-9-15(21)22-2)20-12-13-7-6-8-14(17)11-13/h6-8,11H,3-5,9-10,12H2,1-2H3,(H2,18,19,20). The summed E-state index contributed by atoms with van der Waals surface area (Å²) in [5.74, 6) is 0.269. The summed E-state index contributed by atoms with van der Waals surface area (Å²) in [5.41, 5.74) is 0.862. The molecule has 0 aliphatic rings. The van der Waals surface area contributed by atoms with Gasteiger partial charge in [-0.15, -0.1) is 0 Å². The summed E-state index contributed by atoms with van der Waals surface area (Å²) < 4.78 is 17.7. The third kappa shape index (κ3) is 7.61. The number of unbranched alkanes of at least 4 members (excludes halogenated alkanes) is 2. The summed E-state index contributed by atoms with van der Waals surface area (Å²) in [6.07, 6.45) is 3.17. The fourth-order valence-electron chi connectivity index (χ4n) is 1.93. The Morgan fingerprint density at radius 3 is 2.77 bits per heavy atom. The Morgan fingerprint density at radius 1 is 1.27 bits per heavy atom. The second-order valence-corrected chi connectivity index (χ2v) is 4.87. The predicted molar refractivity (Wildman–Crippen MR) is 85.1 cm³/mol. The van der Waals surface area contributed by atoms with Crippen LogP contribution >= 0.6 is 0 Å². The molecule has 0 fully saturated rings. The fraction of sp³-hybridized carbons (Fsp3) is 0.500. The average molecular weight is 309 g/mol. The molecule has 0 aromatic heterocycles. The molecule has 6 heteroatoms. The lowest BCUT2D eigenvalue weighted by Crippen LogP contribution is -2.37. The second kappa shape index (κ2) is 10.6. The van der Waals surface area contributed by atoms with Gasteiger partial charge in [-0.3, -0.25) is 9.79 Å². The van der Waals surface area contributed by atoms with Gasteiger partial charge in [0.1, 0.15) is 5.82 Å². The van der Waals surface area contributed by atoms with Crippen molar-refractivity contribution in [3.05, 3.63) is 35.6 Å². The third-order valence-electron chi connectivity index (χ3n) is 3.15. The summed E-state index contributed by atoms with van der Waals surface area (Å²) in [7, 11) is 3.09. The molecule has 0 unspecified atom stereocenters. The zero-order valence-corrected chi connectivity index (χ0v) is 13.2. The number of methoxy groups -OCH3 is 1. The Bertz CT molecular complexity index is 492. The molecule has 22 heavy (non-hydrogen) atoms. The maximum absolute atomic E-state index is 13.1. The van der Waals surface area contributed by atoms with E-state index in [4.69, 9.17) is 0 Å². The predicted octanol–water partition coefficient (Wildman–Crippen LogP) is 2.22. The van der Waals surface area contributed by atoms with E-state index in [9.17, 15) is 9.18 Å². The van der Waals surface area contributed by atoms with Crippen LogP contribution < -0.4 is 10.6 Å². The van der Waals surface area contributed by atoms with Gasteiger partial charge in [-0.05, 0) is 30.5 Å². The Balaban J connectivity index is 2.16. The Labute approximate surface area is 131 Å². The lowest BCUT2D eigenvalue weighted by atomic mass is 10.2. The number of hydrogen-bond acceptors (Lipinski definition) is 3. The van der Waals surface area contributed by atoms with Crippen molar-refractivity contribution >= 4 is 11.9 Å². The van der Waals surface area contributed by atoms with Crippen molar-refractivity contribution in [3.63, 3.8) is 0 Å². The summed E-state index contributed by atoms with van der Waals surface area (Å²) in [5, 5.41) is 6.31. The highest BCUT2D eigenvalue weighted by atomic mass is 19.1. The van der Waals surface area contributed by atoms with Crippen LogP contribution in [0.15, 0.2) is 29.3 Å². The van der Waals surface area contributed by atoms with Crippen LogP contribution in [0.3, 0.4) is 0 Å². The highest BCUT2D eigenvalue weighted by molar-refractivity contribution is 5.79. The molecular weight excluding hydrogens is 285 g/mol. The normalized spacial score (nSPS) is 11.1. The fourth-order valence-corrected chi connectivity index (χ4v) is 1.93. The molecule has 5 nitrogen and oxygen atoms in total. The average Bonchev–Trinajstić information content (AvgIpc) is 2.53. The van der Waals surface area contributed by atoms with E-state index < -0.39 is 0 Å². The topological polar surface area (TPSA) is 62.7 Å². The number of carbonyl (C=O) groups is 1. The van der Waals surface area contributed by atoms with E-state index in [-0.39, 0.29) is 11.8 Å². The first-order valence-electron chi connectivity index (χ1n) is 7.41. The van der Waals surface area contributed by atoms with Gasteiger partial charge in [0.25, 0.3) is 0 Å². The molecule has 0 aliphatic heterocycles. The van der Waals surface area contributed by atoms with Gasteiger partial charge in [-0.25, -0.2) is 4.39 Å². The van der Waals surface area contributed by atoms with Gasteiger partial charge < -0.3 is 15.4 Å². The van der Waals surface area contributed by atoms with Crippen LogP contribution in [0, 0.1) is 5.82 Å². The number of ether oxygens (including phenoxy) is 1. The summed E-state index contributed by atoms with van der Waals surface area (Å²) in [6, 6.07) is 6.46. The number of hydrogen-bond donors (Lipinski definition) is 2. The highest BCUT2D eigenvalue weighted by Crippen LogP contribution is 2.03. The number of carbonyl (C=O) groups excluding carboxylic acids is 1. The molecule has 0 saturated heterocycles. The number of halogens is 1. The quantitative estimate of drug-likeness (QED) is 0.334. The third-order valence-corrected chi connectivity index (χ3v) is 3.15. The van der Waals surface area contributed by atoms with Crippen LogP contribution in [0.4, 0.5) is 4.39 Å². The molecule has 1 rings (SSSR count). The van der Waals surface area contributed by atoms with Crippen LogP contribution in [0.1, 0.15) is 31.2 Å². The first-order valence-corrected chi connectivity index (χ1v) is 7.41. The molecular formula is C16H24FN3O2. The van der Waals surface area contributed by atoms with Crippen LogP contribution in [0.2, 0.25) is 0 Å². The molecule has 2 N–H and O–H groups in total. The van der Waals surface area contributed by atoms with Gasteiger partial charge in [0.15, 0.2) is 5.96 Å². The van der Waals surface area contributed by atoms with Crippen LogP contribution in [-0.4, -0.2) is 32.6 Å².